The molecule has 14 N–H and O–H groups in total. The number of carbonyl (C=O) groups excluding carboxylic acids is 5. The van der Waals surface area contributed by atoms with E-state index in [4.69, 9.17) is 28.7 Å². The van der Waals surface area contributed by atoms with E-state index < -0.39 is 100 Å². The number of aliphatic hydroxyl groups excluding tert-OH is 2. The number of primary amides is 1. The van der Waals surface area contributed by atoms with Crippen molar-refractivity contribution < 1.29 is 49.2 Å². The smallest absolute Gasteiger partial charge is 0.341 e. The molecule has 8 unspecified atom stereocenters. The lowest BCUT2D eigenvalue weighted by molar-refractivity contribution is -0.194. The lowest BCUT2D eigenvalue weighted by Crippen LogP contribution is -2.82. The van der Waals surface area contributed by atoms with Crippen molar-refractivity contribution in [1.29, 1.82) is 0 Å². The number of aliphatic hydroxyl groups is 3. The Morgan fingerprint density at radius 1 is 0.784 bits per heavy atom. The first-order chi connectivity index (χ1) is 16.6. The van der Waals surface area contributed by atoms with Gasteiger partial charge in [0, 0.05) is 0 Å². The van der Waals surface area contributed by atoms with Crippen LogP contribution in [0.3, 0.4) is 0 Å². The van der Waals surface area contributed by atoms with E-state index in [1.165, 1.54) is 13.8 Å². The Hall–Kier alpha value is -2.86. The quantitative estimate of drug-likeness (QED) is 0.0939. The number of nitrogens with two attached hydrogens (primary N) is 5. The van der Waals surface area contributed by atoms with Gasteiger partial charge in [-0.25, -0.2) is 4.79 Å². The maximum atomic E-state index is 13.7. The summed E-state index contributed by atoms with van der Waals surface area (Å²) in [5.74, 6) is -11.3. The molecule has 0 saturated heterocycles. The Morgan fingerprint density at radius 2 is 1.22 bits per heavy atom. The van der Waals surface area contributed by atoms with Gasteiger partial charge in [-0.2, -0.15) is 0 Å². The molecule has 0 fully saturated rings. The third kappa shape index (κ3) is 6.53. The summed E-state index contributed by atoms with van der Waals surface area (Å²) >= 11 is 0. The molecule has 0 rings (SSSR count). The van der Waals surface area contributed by atoms with Crippen LogP contribution in [0.15, 0.2) is 0 Å². The van der Waals surface area contributed by atoms with E-state index in [1.54, 1.807) is 0 Å². The highest BCUT2D eigenvalue weighted by Crippen LogP contribution is 2.36. The minimum atomic E-state index is -3.93. The fourth-order valence-corrected chi connectivity index (χ4v) is 3.51. The number of hydrogen-bond acceptors (Lipinski definition) is 13. The highest BCUT2D eigenvalue weighted by molar-refractivity contribution is 6.22. The van der Waals surface area contributed by atoms with Crippen LogP contribution < -0.4 is 28.7 Å². The molecule has 0 aliphatic heterocycles. The van der Waals surface area contributed by atoms with E-state index >= 15 is 0 Å². The zero-order valence-corrected chi connectivity index (χ0v) is 21.3. The molecule has 37 heavy (non-hydrogen) atoms. The van der Waals surface area contributed by atoms with Gasteiger partial charge in [0.1, 0.15) is 6.04 Å². The van der Waals surface area contributed by atoms with Gasteiger partial charge in [0.15, 0.2) is 17.2 Å². The van der Waals surface area contributed by atoms with Crippen LogP contribution in [0.25, 0.3) is 0 Å². The van der Waals surface area contributed by atoms with Crippen LogP contribution >= 0.6 is 0 Å². The zero-order valence-electron chi connectivity index (χ0n) is 21.3. The van der Waals surface area contributed by atoms with Crippen molar-refractivity contribution in [3.8, 4) is 0 Å². The third-order valence-electron chi connectivity index (χ3n) is 6.01. The molecule has 0 saturated carbocycles. The van der Waals surface area contributed by atoms with Gasteiger partial charge < -0.3 is 49.1 Å². The van der Waals surface area contributed by atoms with Crippen LogP contribution in [-0.4, -0.2) is 108 Å². The Balaban J connectivity index is 7.92. The van der Waals surface area contributed by atoms with Crippen molar-refractivity contribution in [1.82, 2.24) is 4.90 Å². The van der Waals surface area contributed by atoms with Crippen molar-refractivity contribution in [2.45, 2.75) is 88.6 Å². The van der Waals surface area contributed by atoms with Crippen molar-refractivity contribution >= 4 is 35.3 Å². The molecule has 212 valence electrons. The molecular formula is C21H38N6O10. The number of imide groups is 1. The van der Waals surface area contributed by atoms with Gasteiger partial charge in [-0.05, 0) is 26.7 Å². The summed E-state index contributed by atoms with van der Waals surface area (Å²) in [6.07, 6.45) is -4.56. The van der Waals surface area contributed by atoms with Crippen LogP contribution in [0, 0.1) is 5.92 Å². The second-order valence-electron chi connectivity index (χ2n) is 9.41. The standard InChI is InChI=1S/C21H38N6O10/c1-7(2)12(24)15(31)20(5,37)21(19(35)36,16(32)13(25)8(3)28)27(18(34)14(26)9(4)29)17(33)10(22)6-11(23)30/h7-10,12-14,28-29,37H,6,22,24-26H2,1-5H3,(H2,23,30)(H,35,36). The van der Waals surface area contributed by atoms with Crippen molar-refractivity contribution in [3.05, 3.63) is 0 Å². The van der Waals surface area contributed by atoms with Crippen molar-refractivity contribution in [2.75, 3.05) is 0 Å². The Kier molecular flexibility index (Phi) is 11.6. The fourth-order valence-electron chi connectivity index (χ4n) is 3.51. The normalized spacial score (nSPS) is 19.8. The number of carbonyl (C=O) groups is 6. The summed E-state index contributed by atoms with van der Waals surface area (Å²) in [6, 6.07) is -8.03. The largest absolute Gasteiger partial charge is 0.479 e. The summed E-state index contributed by atoms with van der Waals surface area (Å²) in [5.41, 5.74) is 20.5. The molecule has 0 heterocycles. The maximum Gasteiger partial charge on any atom is 0.341 e. The van der Waals surface area contributed by atoms with Gasteiger partial charge in [0.05, 0.1) is 36.8 Å². The first kappa shape index (κ1) is 34.1. The fraction of sp³-hybridized carbons (Fsp3) is 0.714. The van der Waals surface area contributed by atoms with E-state index in [0.717, 1.165) is 13.8 Å². The van der Waals surface area contributed by atoms with Crippen LogP contribution in [0.4, 0.5) is 0 Å². The number of ketones is 2. The third-order valence-corrected chi connectivity index (χ3v) is 6.01. The van der Waals surface area contributed by atoms with Gasteiger partial charge in [-0.3, -0.25) is 28.9 Å². The molecule has 16 heteroatoms. The van der Waals surface area contributed by atoms with Crippen molar-refractivity contribution in [3.63, 3.8) is 0 Å². The summed E-state index contributed by atoms with van der Waals surface area (Å²) in [6.45, 7) is 5.30. The predicted octanol–water partition coefficient (Wildman–Crippen LogP) is -5.34. The van der Waals surface area contributed by atoms with Crippen molar-refractivity contribution in [2.24, 2.45) is 34.6 Å². The lowest BCUT2D eigenvalue weighted by atomic mass is 9.68. The molecule has 0 aromatic carbocycles. The molecule has 8 atom stereocenters. The average molecular weight is 535 g/mol. The summed E-state index contributed by atoms with van der Waals surface area (Å²) in [4.78, 5) is 77.8. The zero-order chi connectivity index (χ0) is 29.8. The van der Waals surface area contributed by atoms with E-state index in [2.05, 4.69) is 0 Å². The summed E-state index contributed by atoms with van der Waals surface area (Å²) < 4.78 is 0. The molecule has 0 aromatic heterocycles. The summed E-state index contributed by atoms with van der Waals surface area (Å²) in [5, 5.41) is 41.7. The monoisotopic (exact) mass is 534 g/mol. The van der Waals surface area contributed by atoms with Crippen LogP contribution in [0.5, 0.6) is 0 Å². The Morgan fingerprint density at radius 3 is 1.54 bits per heavy atom. The highest BCUT2D eigenvalue weighted by atomic mass is 16.4. The number of carboxylic acids is 1. The van der Waals surface area contributed by atoms with E-state index in [-0.39, 0.29) is 0 Å². The van der Waals surface area contributed by atoms with Gasteiger partial charge in [-0.1, -0.05) is 13.8 Å². The van der Waals surface area contributed by atoms with Gasteiger partial charge in [-0.15, -0.1) is 0 Å². The Labute approximate surface area is 213 Å². The van der Waals surface area contributed by atoms with E-state index in [0.29, 0.717) is 6.92 Å². The summed E-state index contributed by atoms with van der Waals surface area (Å²) in [7, 11) is 0. The molecule has 0 aromatic rings. The average Bonchev–Trinajstić information content (AvgIpc) is 2.77. The number of Topliss-reactive ketones (excluding diaryl/α,β-unsaturated/α-hetero) is 2. The SMILES string of the molecule is CC(C)C(N)C(=O)C(C)(O)C(C(=O)O)(C(=O)C(N)C(C)O)N(C(=O)C(N)CC(N)=O)C(=O)C(N)C(C)O. The second kappa shape index (κ2) is 12.6. The van der Waals surface area contributed by atoms with Crippen LogP contribution in [0.1, 0.15) is 41.0 Å². The molecule has 0 radical (unpaired) electrons. The minimum absolute atomic E-state index is 0.407. The number of rotatable bonds is 14. The highest BCUT2D eigenvalue weighted by Gasteiger charge is 2.71. The molecule has 0 aliphatic rings. The van der Waals surface area contributed by atoms with Gasteiger partial charge >= 0.3 is 5.97 Å². The predicted molar refractivity (Wildman–Crippen MR) is 127 cm³/mol. The van der Waals surface area contributed by atoms with E-state index in [1.807, 2.05) is 0 Å². The van der Waals surface area contributed by atoms with Gasteiger partial charge in [0.2, 0.25) is 23.3 Å². The minimum Gasteiger partial charge on any atom is -0.479 e. The lowest BCUT2D eigenvalue weighted by Gasteiger charge is -2.48. The molecule has 16 nitrogen and oxygen atoms in total. The molecular weight excluding hydrogens is 496 g/mol. The van der Waals surface area contributed by atoms with Crippen LogP contribution in [-0.2, 0) is 28.8 Å². The molecule has 0 aliphatic carbocycles. The number of nitrogens with zero attached hydrogens (tertiary/aromatic N) is 1. The maximum absolute atomic E-state index is 13.7. The molecule has 0 bridgehead atoms. The number of amides is 3. The number of aliphatic carboxylic acids is 1. The van der Waals surface area contributed by atoms with Crippen LogP contribution in [0.2, 0.25) is 0 Å². The second-order valence-corrected chi connectivity index (χ2v) is 9.41. The van der Waals surface area contributed by atoms with Gasteiger partial charge in [0.25, 0.3) is 0 Å². The number of hydrogen-bond donors (Lipinski definition) is 9. The first-order valence-electron chi connectivity index (χ1n) is 11.2. The van der Waals surface area contributed by atoms with E-state index in [9.17, 15) is 49.2 Å². The first-order valence-corrected chi connectivity index (χ1v) is 11.2. The molecule has 3 amide bonds. The topological polar surface area (TPSA) is 317 Å². The number of carboxylic acid groups (broad SMARTS) is 1. The Bertz CT molecular complexity index is 921. The molecule has 0 spiro atoms.